The molecule has 1 N–H and O–H groups in total. The van der Waals surface area contributed by atoms with Crippen molar-refractivity contribution in [2.24, 2.45) is 0 Å². The van der Waals surface area contributed by atoms with E-state index in [-0.39, 0.29) is 12.3 Å². The fourth-order valence-electron chi connectivity index (χ4n) is 1.68. The van der Waals surface area contributed by atoms with Crippen LogP contribution in [0, 0.1) is 0 Å². The average Bonchev–Trinajstić information content (AvgIpc) is 2.61. The summed E-state index contributed by atoms with van der Waals surface area (Å²) < 4.78 is 1.85. The van der Waals surface area contributed by atoms with Gasteiger partial charge in [-0.3, -0.25) is 9.20 Å². The molecule has 0 bridgehead atoms. The summed E-state index contributed by atoms with van der Waals surface area (Å²) in [4.78, 5) is 10.7. The van der Waals surface area contributed by atoms with E-state index in [9.17, 15) is 4.79 Å². The molecule has 0 aliphatic carbocycles. The number of hydrogen-bond acceptors (Lipinski definition) is 3. The molecule has 0 atom stereocenters. The molecular weight excluding hydrogens is 206 g/mol. The lowest BCUT2D eigenvalue weighted by Gasteiger charge is -2.04. The lowest BCUT2D eigenvalue weighted by Crippen LogP contribution is -2.03. The van der Waals surface area contributed by atoms with Crippen LogP contribution < -0.4 is 0 Å². The molecule has 0 aromatic carbocycles. The third-order valence-corrected chi connectivity index (χ3v) is 2.40. The van der Waals surface area contributed by atoms with Crippen molar-refractivity contribution in [3.05, 3.63) is 29.7 Å². The van der Waals surface area contributed by atoms with Crippen molar-refractivity contribution >= 4 is 11.6 Å². The summed E-state index contributed by atoms with van der Waals surface area (Å²) in [5.41, 5.74) is 1.32. The maximum absolute atomic E-state index is 10.7. The number of aliphatic carboxylic acids is 1. The highest BCUT2D eigenvalue weighted by molar-refractivity contribution is 5.73. The molecule has 2 rings (SSSR count). The summed E-state index contributed by atoms with van der Waals surface area (Å²) in [6.07, 6.45) is 1.83. The molecule has 0 aliphatic heterocycles. The van der Waals surface area contributed by atoms with Gasteiger partial charge < -0.3 is 5.11 Å². The van der Waals surface area contributed by atoms with Gasteiger partial charge in [-0.15, -0.1) is 10.2 Å². The van der Waals surface area contributed by atoms with Gasteiger partial charge in [-0.05, 0) is 6.07 Å². The van der Waals surface area contributed by atoms with Gasteiger partial charge in [-0.2, -0.15) is 0 Å². The van der Waals surface area contributed by atoms with E-state index in [0.29, 0.717) is 11.2 Å². The van der Waals surface area contributed by atoms with E-state index < -0.39 is 5.97 Å². The lowest BCUT2D eigenvalue weighted by atomic mass is 10.2. The predicted molar refractivity (Wildman–Crippen MR) is 58.4 cm³/mol. The van der Waals surface area contributed by atoms with Gasteiger partial charge in [0.05, 0.1) is 6.42 Å². The second-order valence-corrected chi connectivity index (χ2v) is 4.01. The number of rotatable bonds is 3. The standard InChI is InChI=1S/C11H13N3O2/c1-7(2)10-12-13-11-8(6-9(15)16)4-3-5-14(10)11/h3-5,7H,6H2,1-2H3,(H,15,16). The van der Waals surface area contributed by atoms with Crippen molar-refractivity contribution in [2.45, 2.75) is 26.2 Å². The molecule has 0 aliphatic rings. The zero-order valence-corrected chi connectivity index (χ0v) is 9.21. The monoisotopic (exact) mass is 219 g/mol. The third kappa shape index (κ3) is 1.76. The minimum atomic E-state index is -0.859. The Labute approximate surface area is 92.7 Å². The van der Waals surface area contributed by atoms with Crippen molar-refractivity contribution in [3.63, 3.8) is 0 Å². The number of fused-ring (bicyclic) bond motifs is 1. The summed E-state index contributed by atoms with van der Waals surface area (Å²) in [7, 11) is 0. The Morgan fingerprint density at radius 2 is 2.25 bits per heavy atom. The van der Waals surface area contributed by atoms with Crippen LogP contribution in [0.4, 0.5) is 0 Å². The first-order chi connectivity index (χ1) is 7.59. The highest BCUT2D eigenvalue weighted by Crippen LogP contribution is 2.16. The van der Waals surface area contributed by atoms with Crippen LogP contribution in [0.2, 0.25) is 0 Å². The fraction of sp³-hybridized carbons (Fsp3) is 0.364. The first kappa shape index (κ1) is 10.6. The Balaban J connectivity index is 2.57. The van der Waals surface area contributed by atoms with E-state index in [4.69, 9.17) is 5.11 Å². The molecular formula is C11H13N3O2. The highest BCUT2D eigenvalue weighted by atomic mass is 16.4. The zero-order chi connectivity index (χ0) is 11.7. The topological polar surface area (TPSA) is 67.5 Å². The van der Waals surface area contributed by atoms with Crippen molar-refractivity contribution in [2.75, 3.05) is 0 Å². The minimum absolute atomic E-state index is 0.0272. The molecule has 0 spiro atoms. The fourth-order valence-corrected chi connectivity index (χ4v) is 1.68. The molecule has 84 valence electrons. The quantitative estimate of drug-likeness (QED) is 0.849. The maximum atomic E-state index is 10.7. The molecule has 2 aromatic rings. The Bertz CT molecular complexity index is 531. The van der Waals surface area contributed by atoms with E-state index in [1.165, 1.54) is 0 Å². The SMILES string of the molecule is CC(C)c1nnc2c(CC(=O)O)cccn12. The number of nitrogens with zero attached hydrogens (tertiary/aromatic N) is 3. The van der Waals surface area contributed by atoms with Crippen LogP contribution in [0.1, 0.15) is 31.2 Å². The lowest BCUT2D eigenvalue weighted by molar-refractivity contribution is -0.136. The van der Waals surface area contributed by atoms with Crippen LogP contribution in [0.25, 0.3) is 5.65 Å². The second-order valence-electron chi connectivity index (χ2n) is 4.01. The van der Waals surface area contributed by atoms with Gasteiger partial charge >= 0.3 is 5.97 Å². The van der Waals surface area contributed by atoms with Crippen LogP contribution >= 0.6 is 0 Å². The molecule has 2 heterocycles. The van der Waals surface area contributed by atoms with E-state index in [1.54, 1.807) is 6.07 Å². The summed E-state index contributed by atoms with van der Waals surface area (Å²) in [5, 5.41) is 16.9. The summed E-state index contributed by atoms with van der Waals surface area (Å²) in [5.74, 6) is 0.250. The van der Waals surface area contributed by atoms with E-state index in [1.807, 2.05) is 30.5 Å². The van der Waals surface area contributed by atoms with Gasteiger partial charge in [0.2, 0.25) is 0 Å². The van der Waals surface area contributed by atoms with Crippen LogP contribution in [0.15, 0.2) is 18.3 Å². The number of hydrogen-bond donors (Lipinski definition) is 1. The van der Waals surface area contributed by atoms with Gasteiger partial charge in [0.1, 0.15) is 5.82 Å². The molecule has 2 aromatic heterocycles. The molecule has 0 unspecified atom stereocenters. The van der Waals surface area contributed by atoms with Crippen molar-refractivity contribution in [3.8, 4) is 0 Å². The Hall–Kier alpha value is -1.91. The first-order valence-electron chi connectivity index (χ1n) is 5.14. The summed E-state index contributed by atoms with van der Waals surface area (Å²) in [6.45, 7) is 4.06. The average molecular weight is 219 g/mol. The number of carboxylic acids is 1. The van der Waals surface area contributed by atoms with Gasteiger partial charge in [-0.1, -0.05) is 19.9 Å². The zero-order valence-electron chi connectivity index (χ0n) is 9.21. The van der Waals surface area contributed by atoms with Crippen molar-refractivity contribution in [1.29, 1.82) is 0 Å². The largest absolute Gasteiger partial charge is 0.481 e. The number of carboxylic acid groups (broad SMARTS) is 1. The maximum Gasteiger partial charge on any atom is 0.307 e. The van der Waals surface area contributed by atoms with Crippen LogP contribution in [-0.2, 0) is 11.2 Å². The second kappa shape index (κ2) is 3.92. The van der Waals surface area contributed by atoms with E-state index in [2.05, 4.69) is 10.2 Å². The van der Waals surface area contributed by atoms with Crippen LogP contribution in [0.5, 0.6) is 0 Å². The van der Waals surface area contributed by atoms with Crippen LogP contribution in [0.3, 0.4) is 0 Å². The van der Waals surface area contributed by atoms with Gasteiger partial charge in [0.15, 0.2) is 5.65 Å². The highest BCUT2D eigenvalue weighted by Gasteiger charge is 2.13. The van der Waals surface area contributed by atoms with Crippen molar-refractivity contribution in [1.82, 2.24) is 14.6 Å². The molecule has 0 saturated carbocycles. The van der Waals surface area contributed by atoms with E-state index in [0.717, 1.165) is 5.82 Å². The smallest absolute Gasteiger partial charge is 0.307 e. The third-order valence-electron chi connectivity index (χ3n) is 2.40. The Morgan fingerprint density at radius 1 is 1.50 bits per heavy atom. The molecule has 16 heavy (non-hydrogen) atoms. The number of aromatic nitrogens is 3. The Morgan fingerprint density at radius 3 is 2.88 bits per heavy atom. The molecule has 5 nitrogen and oxygen atoms in total. The van der Waals surface area contributed by atoms with E-state index >= 15 is 0 Å². The minimum Gasteiger partial charge on any atom is -0.481 e. The summed E-state index contributed by atoms with van der Waals surface area (Å²) in [6, 6.07) is 3.59. The summed E-state index contributed by atoms with van der Waals surface area (Å²) >= 11 is 0. The molecule has 0 saturated heterocycles. The molecule has 0 amide bonds. The Kier molecular flexibility index (Phi) is 2.60. The number of carbonyl (C=O) groups is 1. The van der Waals surface area contributed by atoms with Gasteiger partial charge in [-0.25, -0.2) is 0 Å². The molecule has 0 fully saturated rings. The number of pyridine rings is 1. The molecule has 5 heteroatoms. The van der Waals surface area contributed by atoms with Gasteiger partial charge in [0, 0.05) is 17.7 Å². The van der Waals surface area contributed by atoms with Crippen molar-refractivity contribution < 1.29 is 9.90 Å². The first-order valence-corrected chi connectivity index (χ1v) is 5.14. The normalized spacial score (nSPS) is 11.2. The van der Waals surface area contributed by atoms with Gasteiger partial charge in [0.25, 0.3) is 0 Å². The predicted octanol–water partition coefficient (Wildman–Crippen LogP) is 1.48. The molecule has 0 radical (unpaired) electrons. The van der Waals surface area contributed by atoms with Crippen LogP contribution in [-0.4, -0.2) is 25.7 Å².